The molecule has 0 amide bonds. The molecule has 0 fully saturated rings. The first-order valence-electron chi connectivity index (χ1n) is 4.65. The van der Waals surface area contributed by atoms with Gasteiger partial charge >= 0.3 is 5.97 Å². The second-order valence-corrected chi connectivity index (χ2v) is 5.08. The van der Waals surface area contributed by atoms with Crippen LogP contribution in [0.15, 0.2) is 23.1 Å². The van der Waals surface area contributed by atoms with Crippen LogP contribution in [-0.2, 0) is 10.0 Å². The van der Waals surface area contributed by atoms with Gasteiger partial charge < -0.3 is 5.11 Å². The summed E-state index contributed by atoms with van der Waals surface area (Å²) >= 11 is 0. The standard InChI is InChI=1S/C11H11NO4S/c1-3-6-12-17(15,16)9-5-4-8(2)10(7-9)11(13)14/h1,4-5,7,12H,6H2,2H3,(H,13,14). The molecule has 2 N–H and O–H groups in total. The molecule has 5 nitrogen and oxygen atoms in total. The van der Waals surface area contributed by atoms with Gasteiger partial charge in [0.1, 0.15) is 0 Å². The van der Waals surface area contributed by atoms with Gasteiger partial charge in [-0.1, -0.05) is 12.0 Å². The van der Waals surface area contributed by atoms with Crippen molar-refractivity contribution < 1.29 is 18.3 Å². The molecule has 90 valence electrons. The molecule has 0 radical (unpaired) electrons. The van der Waals surface area contributed by atoms with E-state index in [4.69, 9.17) is 11.5 Å². The van der Waals surface area contributed by atoms with Crippen LogP contribution in [0.4, 0.5) is 0 Å². The van der Waals surface area contributed by atoms with Gasteiger partial charge in [-0.05, 0) is 24.6 Å². The number of carbonyl (C=O) groups is 1. The highest BCUT2D eigenvalue weighted by molar-refractivity contribution is 7.89. The number of aromatic carboxylic acids is 1. The van der Waals surface area contributed by atoms with Crippen LogP contribution in [0.1, 0.15) is 15.9 Å². The highest BCUT2D eigenvalue weighted by atomic mass is 32.2. The first-order chi connectivity index (χ1) is 7.88. The smallest absolute Gasteiger partial charge is 0.335 e. The van der Waals surface area contributed by atoms with E-state index in [1.165, 1.54) is 12.1 Å². The lowest BCUT2D eigenvalue weighted by Gasteiger charge is -2.06. The van der Waals surface area contributed by atoms with Crippen molar-refractivity contribution in [2.24, 2.45) is 0 Å². The monoisotopic (exact) mass is 253 g/mol. The summed E-state index contributed by atoms with van der Waals surface area (Å²) in [4.78, 5) is 10.8. The van der Waals surface area contributed by atoms with Crippen LogP contribution in [-0.4, -0.2) is 26.0 Å². The molecule has 0 aromatic heterocycles. The number of rotatable bonds is 4. The summed E-state index contributed by atoms with van der Waals surface area (Å²) in [6.07, 6.45) is 4.94. The highest BCUT2D eigenvalue weighted by Crippen LogP contribution is 2.15. The van der Waals surface area contributed by atoms with Gasteiger partial charge in [-0.25, -0.2) is 13.2 Å². The predicted molar refractivity (Wildman–Crippen MR) is 62.2 cm³/mol. The van der Waals surface area contributed by atoms with Crippen molar-refractivity contribution in [3.63, 3.8) is 0 Å². The van der Waals surface area contributed by atoms with Crippen molar-refractivity contribution in [1.29, 1.82) is 0 Å². The fraction of sp³-hybridized carbons (Fsp3) is 0.182. The Hall–Kier alpha value is -1.84. The third-order valence-corrected chi connectivity index (χ3v) is 3.51. The topological polar surface area (TPSA) is 83.5 Å². The molecule has 0 heterocycles. The maximum atomic E-state index is 11.7. The molecule has 6 heteroatoms. The van der Waals surface area contributed by atoms with Crippen molar-refractivity contribution in [2.75, 3.05) is 6.54 Å². The Kier molecular flexibility index (Phi) is 3.89. The van der Waals surface area contributed by atoms with Gasteiger partial charge in [-0.3, -0.25) is 0 Å². The van der Waals surface area contributed by atoms with Gasteiger partial charge in [0, 0.05) is 0 Å². The normalized spacial score (nSPS) is 10.8. The van der Waals surface area contributed by atoms with Crippen molar-refractivity contribution in [1.82, 2.24) is 4.72 Å². The average molecular weight is 253 g/mol. The Labute approximate surface area is 99.5 Å². The van der Waals surface area contributed by atoms with E-state index in [2.05, 4.69) is 10.6 Å². The lowest BCUT2D eigenvalue weighted by molar-refractivity contribution is 0.0696. The SMILES string of the molecule is C#CCNS(=O)(=O)c1ccc(C)c(C(=O)O)c1. The summed E-state index contributed by atoms with van der Waals surface area (Å²) in [6, 6.07) is 3.88. The van der Waals surface area contributed by atoms with E-state index in [1.807, 2.05) is 0 Å². The minimum Gasteiger partial charge on any atom is -0.478 e. The Bertz CT molecular complexity index is 584. The number of aryl methyl sites for hydroxylation is 1. The third-order valence-electron chi connectivity index (χ3n) is 2.11. The first-order valence-corrected chi connectivity index (χ1v) is 6.14. The Morgan fingerprint density at radius 3 is 2.71 bits per heavy atom. The zero-order chi connectivity index (χ0) is 13.1. The quantitative estimate of drug-likeness (QED) is 0.770. The van der Waals surface area contributed by atoms with Gasteiger partial charge in [-0.2, -0.15) is 4.72 Å². The molecule has 1 aromatic carbocycles. The van der Waals surface area contributed by atoms with E-state index in [9.17, 15) is 13.2 Å². The van der Waals surface area contributed by atoms with Crippen molar-refractivity contribution in [3.05, 3.63) is 29.3 Å². The summed E-state index contributed by atoms with van der Waals surface area (Å²) in [5.41, 5.74) is 0.446. The predicted octanol–water partition coefficient (Wildman–Crippen LogP) is 0.605. The summed E-state index contributed by atoms with van der Waals surface area (Å²) in [5, 5.41) is 8.88. The minimum absolute atomic E-state index is 0.0476. The van der Waals surface area contributed by atoms with Crippen molar-refractivity contribution in [3.8, 4) is 12.3 Å². The summed E-state index contributed by atoms with van der Waals surface area (Å²) in [6.45, 7) is 1.45. The highest BCUT2D eigenvalue weighted by Gasteiger charge is 2.16. The number of nitrogens with one attached hydrogen (secondary N) is 1. The number of carboxylic acid groups (broad SMARTS) is 1. The van der Waals surface area contributed by atoms with E-state index in [0.29, 0.717) is 5.56 Å². The molecule has 1 rings (SSSR count). The number of hydrogen-bond acceptors (Lipinski definition) is 3. The zero-order valence-electron chi connectivity index (χ0n) is 9.10. The van der Waals surface area contributed by atoms with Gasteiger partial charge in [0.05, 0.1) is 17.0 Å². The molecule has 0 bridgehead atoms. The lowest BCUT2D eigenvalue weighted by atomic mass is 10.1. The molecule has 0 saturated carbocycles. The Balaban J connectivity index is 3.21. The van der Waals surface area contributed by atoms with E-state index >= 15 is 0 Å². The molecule has 0 aliphatic carbocycles. The molecule has 17 heavy (non-hydrogen) atoms. The van der Waals surface area contributed by atoms with Crippen LogP contribution in [0.2, 0.25) is 0 Å². The molecular weight excluding hydrogens is 242 g/mol. The summed E-state index contributed by atoms with van der Waals surface area (Å²) < 4.78 is 25.5. The fourth-order valence-electron chi connectivity index (χ4n) is 1.22. The summed E-state index contributed by atoms with van der Waals surface area (Å²) in [7, 11) is -3.75. The molecule has 0 spiro atoms. The van der Waals surface area contributed by atoms with Crippen molar-refractivity contribution in [2.45, 2.75) is 11.8 Å². The lowest BCUT2D eigenvalue weighted by Crippen LogP contribution is -2.24. The van der Waals surface area contributed by atoms with Gasteiger partial charge in [-0.15, -0.1) is 6.42 Å². The molecule has 0 aliphatic heterocycles. The number of sulfonamides is 1. The molecule has 0 aliphatic rings. The number of hydrogen-bond donors (Lipinski definition) is 2. The van der Waals surface area contributed by atoms with E-state index in [-0.39, 0.29) is 17.0 Å². The Morgan fingerprint density at radius 2 is 2.18 bits per heavy atom. The van der Waals surface area contributed by atoms with Crippen LogP contribution in [0.5, 0.6) is 0 Å². The van der Waals surface area contributed by atoms with E-state index in [0.717, 1.165) is 6.07 Å². The maximum Gasteiger partial charge on any atom is 0.335 e. The average Bonchev–Trinajstić information content (AvgIpc) is 2.26. The number of terminal acetylenes is 1. The van der Waals surface area contributed by atoms with Gasteiger partial charge in [0.2, 0.25) is 10.0 Å². The first kappa shape index (κ1) is 13.2. The van der Waals surface area contributed by atoms with Crippen LogP contribution in [0.3, 0.4) is 0 Å². The maximum absolute atomic E-state index is 11.7. The van der Waals surface area contributed by atoms with E-state index in [1.54, 1.807) is 6.92 Å². The van der Waals surface area contributed by atoms with Crippen LogP contribution in [0, 0.1) is 19.3 Å². The zero-order valence-corrected chi connectivity index (χ0v) is 9.91. The molecule has 0 atom stereocenters. The van der Waals surface area contributed by atoms with Crippen LogP contribution < -0.4 is 4.72 Å². The largest absolute Gasteiger partial charge is 0.478 e. The molecule has 0 unspecified atom stereocenters. The second kappa shape index (κ2) is 4.99. The van der Waals surface area contributed by atoms with Gasteiger partial charge in [0.25, 0.3) is 0 Å². The van der Waals surface area contributed by atoms with Gasteiger partial charge in [0.15, 0.2) is 0 Å². The molecule has 1 aromatic rings. The Morgan fingerprint density at radius 1 is 1.53 bits per heavy atom. The van der Waals surface area contributed by atoms with Crippen LogP contribution in [0.25, 0.3) is 0 Å². The van der Waals surface area contributed by atoms with E-state index < -0.39 is 16.0 Å². The van der Waals surface area contributed by atoms with Crippen LogP contribution >= 0.6 is 0 Å². The minimum atomic E-state index is -3.75. The molecule has 0 saturated heterocycles. The number of benzene rings is 1. The number of carboxylic acids is 1. The third kappa shape index (κ3) is 3.06. The molecular formula is C11H11NO4S. The fourth-order valence-corrected chi connectivity index (χ4v) is 2.18. The van der Waals surface area contributed by atoms with Crippen molar-refractivity contribution >= 4 is 16.0 Å². The second-order valence-electron chi connectivity index (χ2n) is 3.31. The summed E-state index contributed by atoms with van der Waals surface area (Å²) in [5.74, 6) is 0.966.